The molecule has 1 aliphatic rings. The zero-order chi connectivity index (χ0) is 11.8. The topological polar surface area (TPSA) is 36.4 Å². The smallest absolute Gasteiger partial charge is 0.191 e. The van der Waals surface area contributed by atoms with E-state index >= 15 is 0 Å². The Balaban J connectivity index is 2.38. The molecule has 1 fully saturated rings. The van der Waals surface area contributed by atoms with E-state index in [4.69, 9.17) is 0 Å². The standard InChI is InChI=1S/C13H25N3/c1-4-10-15-13(14-5-2)16-12-8-6-11(3)7-9-12/h4,11-12H,1,5-10H2,2-3H3,(H2,14,15,16). The molecule has 0 saturated heterocycles. The molecule has 0 radical (unpaired) electrons. The highest BCUT2D eigenvalue weighted by Crippen LogP contribution is 2.23. The molecule has 0 bridgehead atoms. The molecule has 2 N–H and O–H groups in total. The molecule has 3 heteroatoms. The minimum Gasteiger partial charge on any atom is -0.357 e. The molecule has 1 aliphatic carbocycles. The Morgan fingerprint density at radius 1 is 1.38 bits per heavy atom. The summed E-state index contributed by atoms with van der Waals surface area (Å²) in [5.41, 5.74) is 0. The van der Waals surface area contributed by atoms with Gasteiger partial charge in [0.2, 0.25) is 0 Å². The van der Waals surface area contributed by atoms with Crippen molar-refractivity contribution in [3.63, 3.8) is 0 Å². The highest BCUT2D eigenvalue weighted by atomic mass is 15.2. The van der Waals surface area contributed by atoms with Crippen LogP contribution in [-0.2, 0) is 0 Å². The Morgan fingerprint density at radius 2 is 2.06 bits per heavy atom. The fraction of sp³-hybridized carbons (Fsp3) is 0.769. The molecule has 92 valence electrons. The lowest BCUT2D eigenvalue weighted by Crippen LogP contribution is -2.44. The van der Waals surface area contributed by atoms with Gasteiger partial charge in [0.1, 0.15) is 0 Å². The van der Waals surface area contributed by atoms with Gasteiger partial charge in [0.15, 0.2) is 5.96 Å². The van der Waals surface area contributed by atoms with E-state index in [-0.39, 0.29) is 0 Å². The van der Waals surface area contributed by atoms with Crippen LogP contribution in [0.5, 0.6) is 0 Å². The number of aliphatic imine (C=N–C) groups is 1. The zero-order valence-electron chi connectivity index (χ0n) is 10.6. The van der Waals surface area contributed by atoms with E-state index in [1.165, 1.54) is 25.7 Å². The number of hydrogen-bond acceptors (Lipinski definition) is 1. The van der Waals surface area contributed by atoms with E-state index in [1.54, 1.807) is 0 Å². The fourth-order valence-electron chi connectivity index (χ4n) is 2.07. The molecule has 0 aromatic carbocycles. The largest absolute Gasteiger partial charge is 0.357 e. The van der Waals surface area contributed by atoms with Gasteiger partial charge < -0.3 is 10.6 Å². The molecule has 0 heterocycles. The molecule has 0 aromatic rings. The van der Waals surface area contributed by atoms with Crippen molar-refractivity contribution in [1.29, 1.82) is 0 Å². The quantitative estimate of drug-likeness (QED) is 0.436. The van der Waals surface area contributed by atoms with E-state index in [2.05, 4.69) is 36.1 Å². The summed E-state index contributed by atoms with van der Waals surface area (Å²) in [6.45, 7) is 9.71. The predicted octanol–water partition coefficient (Wildman–Crippen LogP) is 2.31. The maximum Gasteiger partial charge on any atom is 0.191 e. The van der Waals surface area contributed by atoms with E-state index in [1.807, 2.05) is 6.08 Å². The monoisotopic (exact) mass is 223 g/mol. The molecule has 3 nitrogen and oxygen atoms in total. The molecule has 0 amide bonds. The summed E-state index contributed by atoms with van der Waals surface area (Å²) in [7, 11) is 0. The average molecular weight is 223 g/mol. The van der Waals surface area contributed by atoms with E-state index in [0.29, 0.717) is 12.6 Å². The van der Waals surface area contributed by atoms with E-state index in [0.717, 1.165) is 18.4 Å². The molecule has 0 unspecified atom stereocenters. The third-order valence-electron chi connectivity index (χ3n) is 3.08. The van der Waals surface area contributed by atoms with Crippen LogP contribution >= 0.6 is 0 Å². The summed E-state index contributed by atoms with van der Waals surface area (Å²) in [5, 5.41) is 6.77. The second-order valence-electron chi connectivity index (χ2n) is 4.61. The molecule has 0 atom stereocenters. The summed E-state index contributed by atoms with van der Waals surface area (Å²) in [6.07, 6.45) is 7.01. The third kappa shape index (κ3) is 4.69. The summed E-state index contributed by atoms with van der Waals surface area (Å²) in [5.74, 6) is 1.83. The van der Waals surface area contributed by atoms with E-state index < -0.39 is 0 Å². The van der Waals surface area contributed by atoms with Crippen LogP contribution in [0.3, 0.4) is 0 Å². The maximum atomic E-state index is 4.42. The van der Waals surface area contributed by atoms with Crippen molar-refractivity contribution in [2.75, 3.05) is 13.1 Å². The van der Waals surface area contributed by atoms with Crippen LogP contribution in [0.15, 0.2) is 17.6 Å². The normalized spacial score (nSPS) is 26.2. The average Bonchev–Trinajstić information content (AvgIpc) is 2.29. The lowest BCUT2D eigenvalue weighted by molar-refractivity contribution is 0.329. The first kappa shape index (κ1) is 13.1. The summed E-state index contributed by atoms with van der Waals surface area (Å²) < 4.78 is 0. The first-order valence-electron chi connectivity index (χ1n) is 6.42. The fourth-order valence-corrected chi connectivity index (χ4v) is 2.07. The molecule has 1 saturated carbocycles. The molecule has 16 heavy (non-hydrogen) atoms. The van der Waals surface area contributed by atoms with Crippen LogP contribution in [-0.4, -0.2) is 25.1 Å². The molecule has 0 aliphatic heterocycles. The second kappa shape index (κ2) is 7.31. The van der Waals surface area contributed by atoms with Crippen LogP contribution in [0.4, 0.5) is 0 Å². The Kier molecular flexibility index (Phi) is 5.98. The lowest BCUT2D eigenvalue weighted by Gasteiger charge is -2.28. The van der Waals surface area contributed by atoms with Gasteiger partial charge in [0.05, 0.1) is 6.54 Å². The minimum absolute atomic E-state index is 0.596. The molecule has 1 rings (SSSR count). The van der Waals surface area contributed by atoms with Crippen molar-refractivity contribution < 1.29 is 0 Å². The van der Waals surface area contributed by atoms with Crippen molar-refractivity contribution in [2.45, 2.75) is 45.6 Å². The maximum absolute atomic E-state index is 4.42. The zero-order valence-corrected chi connectivity index (χ0v) is 10.6. The van der Waals surface area contributed by atoms with Gasteiger partial charge in [-0.2, -0.15) is 0 Å². The predicted molar refractivity (Wildman–Crippen MR) is 70.7 cm³/mol. The van der Waals surface area contributed by atoms with Crippen LogP contribution in [0.25, 0.3) is 0 Å². The molecular weight excluding hydrogens is 198 g/mol. The number of rotatable bonds is 4. The van der Waals surface area contributed by atoms with Gasteiger partial charge in [-0.15, -0.1) is 6.58 Å². The van der Waals surface area contributed by atoms with Crippen molar-refractivity contribution in [3.8, 4) is 0 Å². The highest BCUT2D eigenvalue weighted by Gasteiger charge is 2.18. The summed E-state index contributed by atoms with van der Waals surface area (Å²) in [4.78, 5) is 4.42. The second-order valence-corrected chi connectivity index (χ2v) is 4.61. The van der Waals surface area contributed by atoms with Crippen LogP contribution < -0.4 is 10.6 Å². The van der Waals surface area contributed by atoms with Gasteiger partial charge in [-0.1, -0.05) is 13.0 Å². The van der Waals surface area contributed by atoms with Crippen molar-refractivity contribution in [2.24, 2.45) is 10.9 Å². The van der Waals surface area contributed by atoms with E-state index in [9.17, 15) is 0 Å². The van der Waals surface area contributed by atoms with Crippen molar-refractivity contribution >= 4 is 5.96 Å². The first-order chi connectivity index (χ1) is 7.76. The van der Waals surface area contributed by atoms with Gasteiger partial charge in [-0.3, -0.25) is 0 Å². The number of nitrogens with zero attached hydrogens (tertiary/aromatic N) is 1. The highest BCUT2D eigenvalue weighted by molar-refractivity contribution is 5.80. The Hall–Kier alpha value is -0.990. The Labute approximate surface area is 99.4 Å². The van der Waals surface area contributed by atoms with Gasteiger partial charge in [-0.25, -0.2) is 4.99 Å². The molecule has 0 aromatic heterocycles. The minimum atomic E-state index is 0.596. The molecule has 0 spiro atoms. The number of hydrogen-bond donors (Lipinski definition) is 2. The SMILES string of the molecule is C=CCN=C(NCC)NC1CCC(C)CC1. The van der Waals surface area contributed by atoms with Crippen LogP contribution in [0.1, 0.15) is 39.5 Å². The Morgan fingerprint density at radius 3 is 2.62 bits per heavy atom. The van der Waals surface area contributed by atoms with Gasteiger partial charge in [-0.05, 0) is 38.5 Å². The Bertz CT molecular complexity index is 227. The van der Waals surface area contributed by atoms with Gasteiger partial charge in [0.25, 0.3) is 0 Å². The van der Waals surface area contributed by atoms with Crippen molar-refractivity contribution in [1.82, 2.24) is 10.6 Å². The molecular formula is C13H25N3. The van der Waals surface area contributed by atoms with Crippen LogP contribution in [0.2, 0.25) is 0 Å². The number of nitrogens with one attached hydrogen (secondary N) is 2. The summed E-state index contributed by atoms with van der Waals surface area (Å²) >= 11 is 0. The summed E-state index contributed by atoms with van der Waals surface area (Å²) in [6, 6.07) is 0.596. The van der Waals surface area contributed by atoms with Crippen molar-refractivity contribution in [3.05, 3.63) is 12.7 Å². The first-order valence-corrected chi connectivity index (χ1v) is 6.42. The van der Waals surface area contributed by atoms with Gasteiger partial charge >= 0.3 is 0 Å². The lowest BCUT2D eigenvalue weighted by atomic mass is 9.87. The number of guanidine groups is 1. The van der Waals surface area contributed by atoms with Crippen LogP contribution in [0, 0.1) is 5.92 Å². The third-order valence-corrected chi connectivity index (χ3v) is 3.08. The van der Waals surface area contributed by atoms with Gasteiger partial charge in [0, 0.05) is 12.6 Å².